The van der Waals surface area contributed by atoms with Crippen LogP contribution in [0.3, 0.4) is 0 Å². The molecule has 1 unspecified atom stereocenters. The van der Waals surface area contributed by atoms with E-state index >= 15 is 0 Å². The fourth-order valence-electron chi connectivity index (χ4n) is 2.80. The molecule has 1 atom stereocenters. The molecule has 1 aliphatic rings. The molecule has 27 heavy (non-hydrogen) atoms. The fraction of sp³-hybridized carbons (Fsp3) is 0.167. The number of imide groups is 1. The van der Waals surface area contributed by atoms with Crippen molar-refractivity contribution in [2.75, 3.05) is 11.9 Å². The topological polar surface area (TPSA) is 78.5 Å². The molecule has 0 aliphatic carbocycles. The summed E-state index contributed by atoms with van der Waals surface area (Å²) in [7, 11) is 0. The van der Waals surface area contributed by atoms with Crippen LogP contribution < -0.4 is 10.6 Å². The van der Waals surface area contributed by atoms with Crippen molar-refractivity contribution in [3.05, 3.63) is 64.7 Å². The van der Waals surface area contributed by atoms with Crippen LogP contribution in [0, 0.1) is 11.6 Å². The molecule has 2 aromatic carbocycles. The Morgan fingerprint density at radius 2 is 1.93 bits per heavy atom. The Morgan fingerprint density at radius 3 is 2.63 bits per heavy atom. The van der Waals surface area contributed by atoms with Crippen molar-refractivity contribution in [1.82, 2.24) is 10.2 Å². The largest absolute Gasteiger partial charge is 0.325 e. The first kappa shape index (κ1) is 18.8. The van der Waals surface area contributed by atoms with Gasteiger partial charge in [0.05, 0.1) is 10.7 Å². The van der Waals surface area contributed by atoms with Crippen LogP contribution in [0.1, 0.15) is 12.5 Å². The number of para-hydroxylation sites is 1. The van der Waals surface area contributed by atoms with E-state index in [1.165, 1.54) is 6.92 Å². The normalized spacial score (nSPS) is 19.2. The Hall–Kier alpha value is -3.00. The molecular formula is C18H14ClF2N3O3. The highest BCUT2D eigenvalue weighted by atomic mass is 35.5. The monoisotopic (exact) mass is 393 g/mol. The summed E-state index contributed by atoms with van der Waals surface area (Å²) in [6.45, 7) is 0.638. The second-order valence-electron chi connectivity index (χ2n) is 6.10. The Kier molecular flexibility index (Phi) is 4.84. The summed E-state index contributed by atoms with van der Waals surface area (Å²) < 4.78 is 27.6. The van der Waals surface area contributed by atoms with Crippen LogP contribution in [0.4, 0.5) is 19.3 Å². The lowest BCUT2D eigenvalue weighted by molar-refractivity contribution is -0.133. The number of nitrogens with zero attached hydrogens (tertiary/aromatic N) is 1. The van der Waals surface area contributed by atoms with Crippen molar-refractivity contribution in [3.63, 3.8) is 0 Å². The van der Waals surface area contributed by atoms with Gasteiger partial charge in [-0.1, -0.05) is 23.7 Å². The third-order valence-corrected chi connectivity index (χ3v) is 4.52. The first-order valence-corrected chi connectivity index (χ1v) is 8.24. The van der Waals surface area contributed by atoms with Gasteiger partial charge in [-0.2, -0.15) is 0 Å². The van der Waals surface area contributed by atoms with E-state index < -0.39 is 41.6 Å². The molecule has 1 saturated heterocycles. The Labute approximate surface area is 158 Å². The smallest absolute Gasteiger partial charge is 0.323 e. The number of benzene rings is 2. The number of carbonyl (C=O) groups excluding carboxylic acids is 3. The van der Waals surface area contributed by atoms with E-state index in [1.54, 1.807) is 24.3 Å². The number of halogens is 3. The lowest BCUT2D eigenvalue weighted by Gasteiger charge is -2.22. The zero-order valence-corrected chi connectivity index (χ0v) is 14.8. The Balaban J connectivity index is 1.81. The van der Waals surface area contributed by atoms with Crippen molar-refractivity contribution in [2.45, 2.75) is 12.5 Å². The first-order valence-electron chi connectivity index (χ1n) is 7.86. The molecule has 0 radical (unpaired) electrons. The second-order valence-corrected chi connectivity index (χ2v) is 6.51. The van der Waals surface area contributed by atoms with Crippen LogP contribution in [0.2, 0.25) is 5.02 Å². The van der Waals surface area contributed by atoms with Crippen LogP contribution in [-0.2, 0) is 15.1 Å². The summed E-state index contributed by atoms with van der Waals surface area (Å²) in [5, 5.41) is 5.09. The maximum Gasteiger partial charge on any atom is 0.325 e. The quantitative estimate of drug-likeness (QED) is 0.784. The van der Waals surface area contributed by atoms with Crippen molar-refractivity contribution < 1.29 is 23.2 Å². The lowest BCUT2D eigenvalue weighted by Crippen LogP contribution is -2.42. The number of amides is 4. The predicted molar refractivity (Wildman–Crippen MR) is 94.0 cm³/mol. The van der Waals surface area contributed by atoms with Crippen LogP contribution in [0.5, 0.6) is 0 Å². The zero-order valence-electron chi connectivity index (χ0n) is 14.1. The van der Waals surface area contributed by atoms with Gasteiger partial charge in [0, 0.05) is 5.56 Å². The Bertz CT molecular complexity index is 953. The van der Waals surface area contributed by atoms with Gasteiger partial charge in [0.1, 0.15) is 23.7 Å². The van der Waals surface area contributed by atoms with E-state index in [9.17, 15) is 23.2 Å². The molecule has 1 aliphatic heterocycles. The molecular weight excluding hydrogens is 380 g/mol. The summed E-state index contributed by atoms with van der Waals surface area (Å²) in [6.07, 6.45) is 0. The Morgan fingerprint density at radius 1 is 1.22 bits per heavy atom. The van der Waals surface area contributed by atoms with Crippen LogP contribution in [0.25, 0.3) is 0 Å². The van der Waals surface area contributed by atoms with Crippen LogP contribution in [0.15, 0.2) is 42.5 Å². The molecule has 6 nitrogen and oxygen atoms in total. The molecule has 0 spiro atoms. The van der Waals surface area contributed by atoms with Gasteiger partial charge in [-0.25, -0.2) is 13.6 Å². The average Bonchev–Trinajstić information content (AvgIpc) is 2.83. The molecule has 3 rings (SSSR count). The average molecular weight is 394 g/mol. The van der Waals surface area contributed by atoms with E-state index in [1.807, 2.05) is 0 Å². The molecule has 0 saturated carbocycles. The van der Waals surface area contributed by atoms with Gasteiger partial charge in [-0.05, 0) is 37.3 Å². The second kappa shape index (κ2) is 6.96. The molecule has 9 heteroatoms. The van der Waals surface area contributed by atoms with Gasteiger partial charge < -0.3 is 10.6 Å². The number of hydrogen-bond acceptors (Lipinski definition) is 3. The maximum absolute atomic E-state index is 14.1. The number of nitrogens with one attached hydrogen (secondary N) is 2. The summed E-state index contributed by atoms with van der Waals surface area (Å²) in [4.78, 5) is 37.7. The number of hydrogen-bond donors (Lipinski definition) is 2. The molecule has 0 aromatic heterocycles. The number of urea groups is 1. The predicted octanol–water partition coefficient (Wildman–Crippen LogP) is 3.02. The number of rotatable bonds is 4. The number of carbonyl (C=O) groups is 3. The van der Waals surface area contributed by atoms with Crippen molar-refractivity contribution in [2.24, 2.45) is 0 Å². The highest BCUT2D eigenvalue weighted by Crippen LogP contribution is 2.31. The summed E-state index contributed by atoms with van der Waals surface area (Å²) in [5.74, 6) is -3.15. The lowest BCUT2D eigenvalue weighted by atomic mass is 9.91. The highest BCUT2D eigenvalue weighted by molar-refractivity contribution is 6.33. The van der Waals surface area contributed by atoms with E-state index in [0.717, 1.165) is 18.2 Å². The van der Waals surface area contributed by atoms with Crippen LogP contribution in [-0.4, -0.2) is 29.3 Å². The van der Waals surface area contributed by atoms with E-state index in [0.29, 0.717) is 10.6 Å². The standard InChI is InChI=1S/C18H14ClF2N3O3/c1-18(11-8-10(20)6-7-13(11)21)16(26)24(17(27)23-18)9-15(25)22-14-5-3-2-4-12(14)19/h2-8H,9H2,1H3,(H,22,25)(H,23,27). The molecule has 1 heterocycles. The van der Waals surface area contributed by atoms with Gasteiger partial charge in [-0.3, -0.25) is 14.5 Å². The maximum atomic E-state index is 14.1. The van der Waals surface area contributed by atoms with Gasteiger partial charge in [0.25, 0.3) is 5.91 Å². The summed E-state index contributed by atoms with van der Waals surface area (Å²) >= 11 is 5.95. The van der Waals surface area contributed by atoms with Gasteiger partial charge in [-0.15, -0.1) is 0 Å². The summed E-state index contributed by atoms with van der Waals surface area (Å²) in [6, 6.07) is 8.15. The molecule has 4 amide bonds. The fourth-order valence-corrected chi connectivity index (χ4v) is 2.98. The molecule has 140 valence electrons. The molecule has 2 aromatic rings. The van der Waals surface area contributed by atoms with Gasteiger partial charge in [0.15, 0.2) is 0 Å². The highest BCUT2D eigenvalue weighted by Gasteiger charge is 2.50. The van der Waals surface area contributed by atoms with Crippen molar-refractivity contribution in [1.29, 1.82) is 0 Å². The van der Waals surface area contributed by atoms with Crippen molar-refractivity contribution >= 4 is 35.1 Å². The number of anilines is 1. The minimum atomic E-state index is -1.83. The van der Waals surface area contributed by atoms with E-state index in [-0.39, 0.29) is 10.6 Å². The summed E-state index contributed by atoms with van der Waals surface area (Å²) in [5.41, 5.74) is -1.83. The minimum absolute atomic E-state index is 0.287. The van der Waals surface area contributed by atoms with E-state index in [4.69, 9.17) is 11.6 Å². The van der Waals surface area contributed by atoms with Gasteiger partial charge >= 0.3 is 6.03 Å². The van der Waals surface area contributed by atoms with Crippen LogP contribution >= 0.6 is 11.6 Å². The molecule has 0 bridgehead atoms. The molecule has 1 fully saturated rings. The minimum Gasteiger partial charge on any atom is -0.323 e. The third-order valence-electron chi connectivity index (χ3n) is 4.19. The van der Waals surface area contributed by atoms with Gasteiger partial charge in [0.2, 0.25) is 5.91 Å². The SMILES string of the molecule is CC1(c2cc(F)ccc2F)NC(=O)N(CC(=O)Nc2ccccc2Cl)C1=O. The van der Waals surface area contributed by atoms with Crippen molar-refractivity contribution in [3.8, 4) is 0 Å². The molecule has 2 N–H and O–H groups in total. The van der Waals surface area contributed by atoms with E-state index in [2.05, 4.69) is 10.6 Å². The third kappa shape index (κ3) is 3.48. The first-order chi connectivity index (χ1) is 12.7. The zero-order chi connectivity index (χ0) is 19.8.